The Morgan fingerprint density at radius 1 is 0.848 bits per heavy atom. The van der Waals surface area contributed by atoms with Crippen molar-refractivity contribution in [3.8, 4) is 0 Å². The molecule has 0 unspecified atom stereocenters. The third-order valence-electron chi connectivity index (χ3n) is 5.03. The summed E-state index contributed by atoms with van der Waals surface area (Å²) >= 11 is 5.86. The SMILES string of the molecule is O=C(CN(C(=O)c1ccc([N+](=O)[O-])cc1)N1C(=O)c2ccccc2C1=O)c1ccc(Cl)cc1. The summed E-state index contributed by atoms with van der Waals surface area (Å²) in [7, 11) is 0. The van der Waals surface area contributed by atoms with Crippen molar-refractivity contribution in [3.63, 3.8) is 0 Å². The highest BCUT2D eigenvalue weighted by atomic mass is 35.5. The van der Waals surface area contributed by atoms with Gasteiger partial charge in [0.05, 0.1) is 16.1 Å². The van der Waals surface area contributed by atoms with E-state index in [1.165, 1.54) is 48.5 Å². The fraction of sp³-hybridized carbons (Fsp3) is 0.0435. The lowest BCUT2D eigenvalue weighted by molar-refractivity contribution is -0.384. The van der Waals surface area contributed by atoms with E-state index in [9.17, 15) is 29.3 Å². The zero-order valence-electron chi connectivity index (χ0n) is 16.8. The molecular weight excluding hydrogens is 450 g/mol. The summed E-state index contributed by atoms with van der Waals surface area (Å²) in [5.41, 5.74) is 0.139. The van der Waals surface area contributed by atoms with Crippen LogP contribution < -0.4 is 0 Å². The molecular formula is C23H14ClN3O6. The molecule has 0 bridgehead atoms. The molecule has 0 aromatic heterocycles. The zero-order chi connectivity index (χ0) is 23.7. The average Bonchev–Trinajstić information content (AvgIpc) is 3.07. The van der Waals surface area contributed by atoms with Crippen LogP contribution in [0, 0.1) is 10.1 Å². The Morgan fingerprint density at radius 2 is 1.36 bits per heavy atom. The van der Waals surface area contributed by atoms with Gasteiger partial charge in [0.15, 0.2) is 5.78 Å². The van der Waals surface area contributed by atoms with Gasteiger partial charge in [-0.15, -0.1) is 0 Å². The predicted octanol–water partition coefficient (Wildman–Crippen LogP) is 3.78. The number of non-ortho nitro benzene ring substituents is 1. The van der Waals surface area contributed by atoms with Gasteiger partial charge in [0.1, 0.15) is 6.54 Å². The number of imide groups is 1. The molecule has 3 aromatic carbocycles. The maximum atomic E-state index is 13.3. The number of hydrogen-bond acceptors (Lipinski definition) is 6. The molecule has 4 rings (SSSR count). The number of ketones is 1. The van der Waals surface area contributed by atoms with Crippen molar-refractivity contribution in [2.24, 2.45) is 0 Å². The number of amides is 3. The van der Waals surface area contributed by atoms with Gasteiger partial charge in [0, 0.05) is 28.3 Å². The number of carbonyl (C=O) groups is 4. The molecule has 0 saturated carbocycles. The number of nitro groups is 1. The molecule has 3 aromatic rings. The lowest BCUT2D eigenvalue weighted by Gasteiger charge is -2.29. The highest BCUT2D eigenvalue weighted by molar-refractivity contribution is 6.30. The van der Waals surface area contributed by atoms with Gasteiger partial charge in [-0.05, 0) is 48.5 Å². The van der Waals surface area contributed by atoms with Crippen LogP contribution in [-0.2, 0) is 0 Å². The fourth-order valence-electron chi connectivity index (χ4n) is 3.37. The average molecular weight is 464 g/mol. The van der Waals surface area contributed by atoms with Crippen molar-refractivity contribution in [1.29, 1.82) is 0 Å². The molecule has 0 spiro atoms. The minimum absolute atomic E-state index is 0.0407. The van der Waals surface area contributed by atoms with E-state index in [1.54, 1.807) is 12.1 Å². The first-order valence-corrected chi connectivity index (χ1v) is 9.98. The van der Waals surface area contributed by atoms with Crippen molar-refractivity contribution < 1.29 is 24.1 Å². The molecule has 1 heterocycles. The molecule has 1 aliphatic rings. The van der Waals surface area contributed by atoms with E-state index < -0.39 is 35.0 Å². The number of hydrazine groups is 1. The van der Waals surface area contributed by atoms with Crippen LogP contribution in [0.2, 0.25) is 5.02 Å². The van der Waals surface area contributed by atoms with Gasteiger partial charge >= 0.3 is 0 Å². The molecule has 0 saturated heterocycles. The Labute approximate surface area is 191 Å². The first-order valence-electron chi connectivity index (χ1n) is 9.60. The summed E-state index contributed by atoms with van der Waals surface area (Å²) in [6.45, 7) is -0.622. The molecule has 0 atom stereocenters. The highest BCUT2D eigenvalue weighted by Crippen LogP contribution is 2.26. The van der Waals surface area contributed by atoms with Crippen LogP contribution in [0.1, 0.15) is 41.4 Å². The topological polar surface area (TPSA) is 118 Å². The number of nitrogens with zero attached hydrogens (tertiary/aromatic N) is 3. The van der Waals surface area contributed by atoms with E-state index in [0.717, 1.165) is 17.1 Å². The van der Waals surface area contributed by atoms with Crippen LogP contribution >= 0.6 is 11.6 Å². The van der Waals surface area contributed by atoms with Crippen molar-refractivity contribution in [2.45, 2.75) is 0 Å². The quantitative estimate of drug-likeness (QED) is 0.237. The molecule has 0 N–H and O–H groups in total. The summed E-state index contributed by atoms with van der Waals surface area (Å²) in [4.78, 5) is 62.5. The number of benzene rings is 3. The van der Waals surface area contributed by atoms with Crippen LogP contribution in [-0.4, -0.2) is 45.0 Å². The van der Waals surface area contributed by atoms with Crippen molar-refractivity contribution in [1.82, 2.24) is 10.0 Å². The third-order valence-corrected chi connectivity index (χ3v) is 5.29. The summed E-state index contributed by atoms with van der Waals surface area (Å²) < 4.78 is 0. The van der Waals surface area contributed by atoms with Crippen LogP contribution in [0.15, 0.2) is 72.8 Å². The van der Waals surface area contributed by atoms with E-state index in [2.05, 4.69) is 0 Å². The normalized spacial score (nSPS) is 12.5. The van der Waals surface area contributed by atoms with Gasteiger partial charge in [-0.2, -0.15) is 5.01 Å². The van der Waals surface area contributed by atoms with E-state index in [-0.39, 0.29) is 27.9 Å². The maximum Gasteiger partial charge on any atom is 0.280 e. The first-order chi connectivity index (χ1) is 15.8. The minimum Gasteiger partial charge on any atom is -0.292 e. The van der Waals surface area contributed by atoms with E-state index in [0.29, 0.717) is 10.0 Å². The van der Waals surface area contributed by atoms with Gasteiger partial charge in [-0.1, -0.05) is 23.7 Å². The predicted molar refractivity (Wildman–Crippen MR) is 117 cm³/mol. The summed E-state index contributed by atoms with van der Waals surface area (Å²) in [6, 6.07) is 16.6. The van der Waals surface area contributed by atoms with Crippen LogP contribution in [0.4, 0.5) is 5.69 Å². The van der Waals surface area contributed by atoms with E-state index >= 15 is 0 Å². The molecule has 1 aliphatic heterocycles. The number of halogens is 1. The van der Waals surface area contributed by atoms with E-state index in [1.807, 2.05) is 0 Å². The van der Waals surface area contributed by atoms with Gasteiger partial charge < -0.3 is 0 Å². The summed E-state index contributed by atoms with van der Waals surface area (Å²) in [5, 5.41) is 12.7. The third kappa shape index (κ3) is 4.09. The fourth-order valence-corrected chi connectivity index (χ4v) is 3.49. The molecule has 0 radical (unpaired) electrons. The Kier molecular flexibility index (Phi) is 5.72. The summed E-state index contributed by atoms with van der Waals surface area (Å²) in [5.74, 6) is -2.90. The number of carbonyl (C=O) groups excluding carboxylic acids is 4. The molecule has 0 fully saturated rings. The Morgan fingerprint density at radius 3 is 1.88 bits per heavy atom. The van der Waals surface area contributed by atoms with Gasteiger partial charge in [0.2, 0.25) is 0 Å². The van der Waals surface area contributed by atoms with E-state index in [4.69, 9.17) is 11.6 Å². The lowest BCUT2D eigenvalue weighted by atomic mass is 10.1. The number of nitro benzene ring substituents is 1. The molecule has 164 valence electrons. The van der Waals surface area contributed by atoms with Crippen molar-refractivity contribution >= 4 is 40.8 Å². The molecule has 0 aliphatic carbocycles. The van der Waals surface area contributed by atoms with Crippen LogP contribution in [0.25, 0.3) is 0 Å². The minimum atomic E-state index is -0.846. The van der Waals surface area contributed by atoms with Gasteiger partial charge in [-0.25, -0.2) is 5.01 Å². The van der Waals surface area contributed by atoms with Crippen molar-refractivity contribution in [3.05, 3.63) is 110 Å². The standard InChI is InChI=1S/C23H14ClN3O6/c24-16-9-5-14(6-10-16)20(28)13-25(21(29)15-7-11-17(12-8-15)27(32)33)26-22(30)18-3-1-2-4-19(18)23(26)31/h1-12H,13H2. The molecule has 9 nitrogen and oxygen atoms in total. The van der Waals surface area contributed by atoms with Crippen LogP contribution in [0.5, 0.6) is 0 Å². The molecule has 3 amide bonds. The number of Topliss-reactive ketones (excluding diaryl/α,β-unsaturated/α-hetero) is 1. The zero-order valence-corrected chi connectivity index (χ0v) is 17.6. The monoisotopic (exact) mass is 463 g/mol. The van der Waals surface area contributed by atoms with Crippen LogP contribution in [0.3, 0.4) is 0 Å². The second-order valence-electron chi connectivity index (χ2n) is 7.06. The molecule has 10 heteroatoms. The van der Waals surface area contributed by atoms with Gasteiger partial charge in [0.25, 0.3) is 23.4 Å². The second-order valence-corrected chi connectivity index (χ2v) is 7.50. The smallest absolute Gasteiger partial charge is 0.280 e. The Hall–Kier alpha value is -4.37. The number of hydrogen-bond donors (Lipinski definition) is 0. The first kappa shape index (κ1) is 21.8. The Bertz CT molecular complexity index is 1270. The largest absolute Gasteiger partial charge is 0.292 e. The Balaban J connectivity index is 1.72. The number of fused-ring (bicyclic) bond motifs is 1. The van der Waals surface area contributed by atoms with Gasteiger partial charge in [-0.3, -0.25) is 29.3 Å². The van der Waals surface area contributed by atoms with Crippen molar-refractivity contribution in [2.75, 3.05) is 6.54 Å². The lowest BCUT2D eigenvalue weighted by Crippen LogP contribution is -2.51. The number of rotatable bonds is 6. The molecule has 33 heavy (non-hydrogen) atoms. The second kappa shape index (κ2) is 8.64. The highest BCUT2D eigenvalue weighted by Gasteiger charge is 2.42. The summed E-state index contributed by atoms with van der Waals surface area (Å²) in [6.07, 6.45) is 0. The maximum absolute atomic E-state index is 13.3.